The smallest absolute Gasteiger partial charge is 0.305 e. The van der Waals surface area contributed by atoms with E-state index >= 15 is 0 Å². The Morgan fingerprint density at radius 1 is 1.38 bits per heavy atom. The topological polar surface area (TPSA) is 104 Å². The van der Waals surface area contributed by atoms with Gasteiger partial charge < -0.3 is 21.1 Å². The minimum absolute atomic E-state index is 0.191. The Kier molecular flexibility index (Phi) is 3.39. The SMILES string of the molecule is Cc1c(C(N)CC(=O)O)cc(O)c(O)c1C. The number of aliphatic carboxylic acids is 1. The van der Waals surface area contributed by atoms with Gasteiger partial charge in [0.1, 0.15) is 0 Å². The molecule has 0 fully saturated rings. The van der Waals surface area contributed by atoms with E-state index in [4.69, 9.17) is 10.8 Å². The highest BCUT2D eigenvalue weighted by molar-refractivity contribution is 5.68. The third kappa shape index (κ3) is 2.25. The maximum Gasteiger partial charge on any atom is 0.305 e. The number of carboxylic acids is 1. The Labute approximate surface area is 93.1 Å². The highest BCUT2D eigenvalue weighted by Crippen LogP contribution is 2.35. The lowest BCUT2D eigenvalue weighted by molar-refractivity contribution is -0.137. The van der Waals surface area contributed by atoms with Crippen LogP contribution in [-0.4, -0.2) is 21.3 Å². The van der Waals surface area contributed by atoms with Gasteiger partial charge in [-0.3, -0.25) is 4.79 Å². The number of hydrogen-bond donors (Lipinski definition) is 4. The van der Waals surface area contributed by atoms with Crippen LogP contribution in [0.15, 0.2) is 6.07 Å². The third-order valence-electron chi connectivity index (χ3n) is 2.68. The molecule has 0 saturated heterocycles. The Morgan fingerprint density at radius 3 is 2.44 bits per heavy atom. The number of rotatable bonds is 3. The fourth-order valence-corrected chi connectivity index (χ4v) is 1.59. The van der Waals surface area contributed by atoms with Crippen LogP contribution in [0.2, 0.25) is 0 Å². The van der Waals surface area contributed by atoms with Gasteiger partial charge in [0.25, 0.3) is 0 Å². The maximum absolute atomic E-state index is 10.5. The molecule has 5 nitrogen and oxygen atoms in total. The van der Waals surface area contributed by atoms with Crippen LogP contribution in [0.5, 0.6) is 11.5 Å². The van der Waals surface area contributed by atoms with Gasteiger partial charge in [-0.1, -0.05) is 0 Å². The van der Waals surface area contributed by atoms with Crippen molar-refractivity contribution in [2.75, 3.05) is 0 Å². The first-order chi connectivity index (χ1) is 7.34. The van der Waals surface area contributed by atoms with E-state index in [-0.39, 0.29) is 17.9 Å². The van der Waals surface area contributed by atoms with Crippen LogP contribution in [-0.2, 0) is 4.79 Å². The molecular weight excluding hydrogens is 210 g/mol. The van der Waals surface area contributed by atoms with Crippen molar-refractivity contribution in [3.8, 4) is 11.5 Å². The summed E-state index contributed by atoms with van der Waals surface area (Å²) in [5.41, 5.74) is 7.46. The van der Waals surface area contributed by atoms with Crippen LogP contribution < -0.4 is 5.73 Å². The van der Waals surface area contributed by atoms with Gasteiger partial charge in [0.05, 0.1) is 6.42 Å². The summed E-state index contributed by atoms with van der Waals surface area (Å²) in [7, 11) is 0. The zero-order chi connectivity index (χ0) is 12.5. The van der Waals surface area contributed by atoms with Crippen molar-refractivity contribution < 1.29 is 20.1 Å². The van der Waals surface area contributed by atoms with Crippen molar-refractivity contribution in [1.29, 1.82) is 0 Å². The lowest BCUT2D eigenvalue weighted by Crippen LogP contribution is -2.16. The number of aromatic hydroxyl groups is 2. The number of carbonyl (C=O) groups is 1. The number of benzene rings is 1. The molecular formula is C11H15NO4. The summed E-state index contributed by atoms with van der Waals surface area (Å²) in [4.78, 5) is 10.5. The van der Waals surface area contributed by atoms with E-state index in [0.29, 0.717) is 16.7 Å². The van der Waals surface area contributed by atoms with Gasteiger partial charge in [-0.2, -0.15) is 0 Å². The van der Waals surface area contributed by atoms with E-state index in [1.165, 1.54) is 6.07 Å². The Balaban J connectivity index is 3.19. The van der Waals surface area contributed by atoms with Gasteiger partial charge >= 0.3 is 5.97 Å². The van der Waals surface area contributed by atoms with Gasteiger partial charge in [0, 0.05) is 6.04 Å². The predicted octanol–water partition coefficient (Wildman–Crippen LogP) is 1.19. The molecule has 0 heterocycles. The first-order valence-electron chi connectivity index (χ1n) is 4.84. The number of carboxylic acid groups (broad SMARTS) is 1. The van der Waals surface area contributed by atoms with Crippen LogP contribution >= 0.6 is 0 Å². The second-order valence-corrected chi connectivity index (χ2v) is 3.79. The van der Waals surface area contributed by atoms with E-state index in [1.54, 1.807) is 13.8 Å². The van der Waals surface area contributed by atoms with Gasteiger partial charge in [0.15, 0.2) is 11.5 Å². The molecule has 0 amide bonds. The Bertz CT molecular complexity index is 428. The molecule has 0 spiro atoms. The van der Waals surface area contributed by atoms with Crippen molar-refractivity contribution >= 4 is 5.97 Å². The molecule has 0 aliphatic rings. The van der Waals surface area contributed by atoms with Gasteiger partial charge in [-0.05, 0) is 36.6 Å². The fraction of sp³-hybridized carbons (Fsp3) is 0.364. The lowest BCUT2D eigenvalue weighted by Gasteiger charge is -2.16. The minimum atomic E-state index is -1.00. The average Bonchev–Trinajstić information content (AvgIpc) is 2.19. The summed E-state index contributed by atoms with van der Waals surface area (Å²) in [6.45, 7) is 3.37. The molecule has 0 saturated carbocycles. The highest BCUT2D eigenvalue weighted by atomic mass is 16.4. The molecule has 16 heavy (non-hydrogen) atoms. The molecule has 1 atom stereocenters. The number of nitrogens with two attached hydrogens (primary N) is 1. The summed E-state index contributed by atoms with van der Waals surface area (Å²) >= 11 is 0. The summed E-state index contributed by atoms with van der Waals surface area (Å²) in [6, 6.07) is 0.619. The van der Waals surface area contributed by atoms with E-state index in [9.17, 15) is 15.0 Å². The van der Waals surface area contributed by atoms with Crippen LogP contribution in [0.25, 0.3) is 0 Å². The van der Waals surface area contributed by atoms with Crippen molar-refractivity contribution in [3.05, 3.63) is 22.8 Å². The first-order valence-corrected chi connectivity index (χ1v) is 4.84. The van der Waals surface area contributed by atoms with E-state index in [1.807, 2.05) is 0 Å². The molecule has 5 N–H and O–H groups in total. The van der Waals surface area contributed by atoms with Crippen molar-refractivity contribution in [3.63, 3.8) is 0 Å². The van der Waals surface area contributed by atoms with Gasteiger partial charge in [-0.15, -0.1) is 0 Å². The van der Waals surface area contributed by atoms with Crippen molar-refractivity contribution in [2.24, 2.45) is 5.73 Å². The zero-order valence-corrected chi connectivity index (χ0v) is 9.19. The summed E-state index contributed by atoms with van der Waals surface area (Å²) < 4.78 is 0. The van der Waals surface area contributed by atoms with E-state index in [2.05, 4.69) is 0 Å². The molecule has 0 aromatic heterocycles. The van der Waals surface area contributed by atoms with Crippen LogP contribution in [0.1, 0.15) is 29.2 Å². The third-order valence-corrected chi connectivity index (χ3v) is 2.68. The van der Waals surface area contributed by atoms with E-state index in [0.717, 1.165) is 0 Å². The quantitative estimate of drug-likeness (QED) is 0.578. The normalized spacial score (nSPS) is 12.4. The molecule has 0 bridgehead atoms. The molecule has 0 aliphatic carbocycles. The van der Waals surface area contributed by atoms with Gasteiger partial charge in [-0.25, -0.2) is 0 Å². The maximum atomic E-state index is 10.5. The largest absolute Gasteiger partial charge is 0.504 e. The predicted molar refractivity (Wildman–Crippen MR) is 58.4 cm³/mol. The molecule has 1 unspecified atom stereocenters. The summed E-state index contributed by atoms with van der Waals surface area (Å²) in [5, 5.41) is 27.5. The molecule has 1 aromatic rings. The Morgan fingerprint density at radius 2 is 1.94 bits per heavy atom. The second kappa shape index (κ2) is 4.40. The van der Waals surface area contributed by atoms with Crippen LogP contribution in [0.3, 0.4) is 0 Å². The van der Waals surface area contributed by atoms with Crippen molar-refractivity contribution in [1.82, 2.24) is 0 Å². The molecule has 0 radical (unpaired) electrons. The average molecular weight is 225 g/mol. The molecule has 5 heteroatoms. The van der Waals surface area contributed by atoms with Crippen LogP contribution in [0, 0.1) is 13.8 Å². The number of phenolic OH excluding ortho intramolecular Hbond substituents is 2. The summed E-state index contributed by atoms with van der Waals surface area (Å²) in [6.07, 6.45) is -0.218. The Hall–Kier alpha value is -1.75. The monoisotopic (exact) mass is 225 g/mol. The van der Waals surface area contributed by atoms with Crippen LogP contribution in [0.4, 0.5) is 0 Å². The summed E-state index contributed by atoms with van der Waals surface area (Å²) in [5.74, 6) is -1.47. The van der Waals surface area contributed by atoms with E-state index < -0.39 is 12.0 Å². The number of phenols is 2. The van der Waals surface area contributed by atoms with Crippen molar-refractivity contribution in [2.45, 2.75) is 26.3 Å². The lowest BCUT2D eigenvalue weighted by atomic mass is 9.95. The van der Waals surface area contributed by atoms with Gasteiger partial charge in [0.2, 0.25) is 0 Å². The number of hydrogen-bond acceptors (Lipinski definition) is 4. The fourth-order valence-electron chi connectivity index (χ4n) is 1.59. The molecule has 0 aliphatic heterocycles. The first kappa shape index (κ1) is 12.3. The standard InChI is InChI=1S/C11H15NO4/c1-5-6(2)11(16)9(13)3-7(5)8(12)4-10(14)15/h3,8,13,16H,4,12H2,1-2H3,(H,14,15). The highest BCUT2D eigenvalue weighted by Gasteiger charge is 2.17. The molecule has 88 valence electrons. The molecule has 1 rings (SSSR count). The second-order valence-electron chi connectivity index (χ2n) is 3.79. The molecule has 1 aromatic carbocycles. The zero-order valence-electron chi connectivity index (χ0n) is 9.19. The minimum Gasteiger partial charge on any atom is -0.504 e.